The Morgan fingerprint density at radius 2 is 2.00 bits per heavy atom. The molecule has 1 aromatic heterocycles. The normalized spacial score (nSPS) is 27.4. The summed E-state index contributed by atoms with van der Waals surface area (Å²) in [5.41, 5.74) is 6.86. The number of nitrogens with one attached hydrogen (secondary N) is 1. The summed E-state index contributed by atoms with van der Waals surface area (Å²) in [4.78, 5) is 28.5. The highest BCUT2D eigenvalue weighted by Gasteiger charge is 2.51. The van der Waals surface area contributed by atoms with Crippen LogP contribution in [0.4, 0.5) is 10.5 Å². The van der Waals surface area contributed by atoms with Crippen molar-refractivity contribution in [1.29, 1.82) is 0 Å². The van der Waals surface area contributed by atoms with Gasteiger partial charge in [0.25, 0.3) is 0 Å². The van der Waals surface area contributed by atoms with E-state index in [4.69, 9.17) is 15.2 Å². The Labute approximate surface area is 173 Å². The number of aromatic nitrogens is 1. The van der Waals surface area contributed by atoms with Gasteiger partial charge in [0, 0.05) is 18.5 Å². The molecule has 1 aliphatic rings. The van der Waals surface area contributed by atoms with Gasteiger partial charge in [0.05, 0.1) is 17.9 Å². The first kappa shape index (κ1) is 23.0. The molecule has 0 spiro atoms. The van der Waals surface area contributed by atoms with E-state index in [9.17, 15) is 9.59 Å². The van der Waals surface area contributed by atoms with Crippen molar-refractivity contribution in [3.05, 3.63) is 24.0 Å². The predicted molar refractivity (Wildman–Crippen MR) is 112 cm³/mol. The molecule has 1 heterocycles. The molecule has 0 saturated heterocycles. The molecular formula is C22H35N3O4. The number of esters is 1. The summed E-state index contributed by atoms with van der Waals surface area (Å²) in [6.45, 7) is 13.2. The molecule has 7 heteroatoms. The van der Waals surface area contributed by atoms with Crippen molar-refractivity contribution in [2.45, 2.75) is 85.0 Å². The highest BCUT2D eigenvalue weighted by Crippen LogP contribution is 2.50. The Morgan fingerprint density at radius 3 is 2.52 bits per heavy atom. The zero-order chi connectivity index (χ0) is 22.0. The number of rotatable bonds is 4. The molecule has 1 saturated carbocycles. The molecule has 0 aliphatic heterocycles. The van der Waals surface area contributed by atoms with E-state index in [1.165, 1.54) is 6.92 Å². The Balaban J connectivity index is 2.41. The topological polar surface area (TPSA) is 104 Å². The second kappa shape index (κ2) is 8.59. The molecule has 4 atom stereocenters. The molecule has 2 rings (SSSR count). The number of nitrogen functional groups attached to an aromatic ring is 1. The van der Waals surface area contributed by atoms with Crippen LogP contribution < -0.4 is 11.1 Å². The van der Waals surface area contributed by atoms with Crippen LogP contribution in [0.5, 0.6) is 0 Å². The molecular weight excluding hydrogens is 370 g/mol. The smallest absolute Gasteiger partial charge is 0.408 e. The highest BCUT2D eigenvalue weighted by atomic mass is 16.6. The molecule has 1 fully saturated rings. The molecule has 1 amide bonds. The van der Waals surface area contributed by atoms with Crippen LogP contribution in [0.15, 0.2) is 18.5 Å². The number of alkyl carbamates (subject to hydrolysis) is 1. The molecule has 3 N–H and O–H groups in total. The van der Waals surface area contributed by atoms with Crippen LogP contribution in [-0.2, 0) is 14.3 Å². The molecule has 1 aliphatic carbocycles. The second-order valence-corrected chi connectivity index (χ2v) is 9.58. The van der Waals surface area contributed by atoms with Gasteiger partial charge in [0.15, 0.2) is 0 Å². The molecule has 1 unspecified atom stereocenters. The van der Waals surface area contributed by atoms with Gasteiger partial charge >= 0.3 is 12.1 Å². The first-order valence-electron chi connectivity index (χ1n) is 10.2. The van der Waals surface area contributed by atoms with Crippen LogP contribution in [0, 0.1) is 11.3 Å². The zero-order valence-electron chi connectivity index (χ0n) is 18.6. The number of pyridine rings is 1. The zero-order valence-corrected chi connectivity index (χ0v) is 18.6. The lowest BCUT2D eigenvalue weighted by molar-refractivity contribution is -0.163. The highest BCUT2D eigenvalue weighted by molar-refractivity contribution is 5.69. The third kappa shape index (κ3) is 5.61. The second-order valence-electron chi connectivity index (χ2n) is 9.58. The van der Waals surface area contributed by atoms with Crippen molar-refractivity contribution < 1.29 is 19.1 Å². The fourth-order valence-electron chi connectivity index (χ4n) is 4.20. The van der Waals surface area contributed by atoms with Gasteiger partial charge in [-0.05, 0) is 57.1 Å². The maximum atomic E-state index is 12.5. The summed E-state index contributed by atoms with van der Waals surface area (Å²) in [6.07, 6.45) is 3.77. The first-order chi connectivity index (χ1) is 13.3. The molecule has 7 nitrogen and oxygen atoms in total. The number of nitrogens with zero attached hydrogens (tertiary/aromatic N) is 1. The van der Waals surface area contributed by atoms with E-state index in [1.54, 1.807) is 12.4 Å². The lowest BCUT2D eigenvalue weighted by atomic mass is 9.60. The maximum Gasteiger partial charge on any atom is 0.408 e. The quantitative estimate of drug-likeness (QED) is 0.733. The number of amides is 1. The summed E-state index contributed by atoms with van der Waals surface area (Å²) < 4.78 is 11.2. The largest absolute Gasteiger partial charge is 0.460 e. The van der Waals surface area contributed by atoms with Crippen molar-refractivity contribution in [3.8, 4) is 0 Å². The lowest BCUT2D eigenvalue weighted by Crippen LogP contribution is -2.58. The van der Waals surface area contributed by atoms with Gasteiger partial charge in [0.2, 0.25) is 0 Å². The summed E-state index contributed by atoms with van der Waals surface area (Å²) in [7, 11) is 0. The average Bonchev–Trinajstić information content (AvgIpc) is 2.56. The van der Waals surface area contributed by atoms with Gasteiger partial charge in [-0.1, -0.05) is 20.8 Å². The molecule has 0 bridgehead atoms. The molecule has 0 aromatic carbocycles. The standard InChI is InChI=1S/C22H35N3O4/c1-13(2)22(7)11-15(16-8-9-24-12-17(16)23)10-18(19(22)28-14(3)26)25-20(27)29-21(4,5)6/h8-9,12-13,15,18-19H,10-11,23H2,1-7H3,(H,25,27)/t15-,18+,19-,22?/m0/s1. The van der Waals surface area contributed by atoms with Crippen molar-refractivity contribution in [1.82, 2.24) is 10.3 Å². The number of hydrogen-bond acceptors (Lipinski definition) is 6. The van der Waals surface area contributed by atoms with E-state index in [0.29, 0.717) is 12.1 Å². The van der Waals surface area contributed by atoms with Gasteiger partial charge in [-0.25, -0.2) is 4.79 Å². The van der Waals surface area contributed by atoms with Gasteiger partial charge in [0.1, 0.15) is 11.7 Å². The fraction of sp³-hybridized carbons (Fsp3) is 0.682. The van der Waals surface area contributed by atoms with Crippen LogP contribution >= 0.6 is 0 Å². The summed E-state index contributed by atoms with van der Waals surface area (Å²) in [5, 5.41) is 2.97. The van der Waals surface area contributed by atoms with Gasteiger partial charge in [-0.2, -0.15) is 0 Å². The summed E-state index contributed by atoms with van der Waals surface area (Å²) in [6, 6.07) is 1.53. The van der Waals surface area contributed by atoms with E-state index in [-0.39, 0.29) is 23.2 Å². The number of carbonyl (C=O) groups excluding carboxylic acids is 2. The number of hydrogen-bond donors (Lipinski definition) is 2. The van der Waals surface area contributed by atoms with Crippen molar-refractivity contribution >= 4 is 17.7 Å². The predicted octanol–water partition coefficient (Wildman–Crippen LogP) is 4.03. The summed E-state index contributed by atoms with van der Waals surface area (Å²) in [5.74, 6) is -0.0578. The van der Waals surface area contributed by atoms with Crippen LogP contribution in [0.3, 0.4) is 0 Å². The number of nitrogens with two attached hydrogens (primary N) is 1. The minimum Gasteiger partial charge on any atom is -0.460 e. The Bertz CT molecular complexity index is 744. The van der Waals surface area contributed by atoms with Crippen LogP contribution in [-0.4, -0.2) is 34.8 Å². The Kier molecular flexibility index (Phi) is 6.81. The van der Waals surface area contributed by atoms with E-state index in [2.05, 4.69) is 31.1 Å². The number of ether oxygens (including phenoxy) is 2. The number of carbonyl (C=O) groups is 2. The van der Waals surface area contributed by atoms with Gasteiger partial charge < -0.3 is 20.5 Å². The minimum absolute atomic E-state index is 0.0946. The van der Waals surface area contributed by atoms with Crippen molar-refractivity contribution in [3.63, 3.8) is 0 Å². The summed E-state index contributed by atoms with van der Waals surface area (Å²) >= 11 is 0. The van der Waals surface area contributed by atoms with Crippen LogP contribution in [0.25, 0.3) is 0 Å². The third-order valence-electron chi connectivity index (χ3n) is 5.88. The van der Waals surface area contributed by atoms with Crippen molar-refractivity contribution in [2.75, 3.05) is 5.73 Å². The molecule has 162 valence electrons. The molecule has 29 heavy (non-hydrogen) atoms. The van der Waals surface area contributed by atoms with Gasteiger partial charge in [-0.15, -0.1) is 0 Å². The monoisotopic (exact) mass is 405 g/mol. The molecule has 1 aromatic rings. The maximum absolute atomic E-state index is 12.5. The van der Waals surface area contributed by atoms with E-state index < -0.39 is 23.8 Å². The lowest BCUT2D eigenvalue weighted by Gasteiger charge is -2.50. The first-order valence-corrected chi connectivity index (χ1v) is 10.2. The van der Waals surface area contributed by atoms with Crippen LogP contribution in [0.2, 0.25) is 0 Å². The SMILES string of the molecule is CC(=O)O[C@H]1[C@H](NC(=O)OC(C)(C)C)C[C@H](c2ccncc2N)CC1(C)C(C)C. The van der Waals surface area contributed by atoms with Gasteiger partial charge in [-0.3, -0.25) is 9.78 Å². The third-order valence-corrected chi connectivity index (χ3v) is 5.88. The van der Waals surface area contributed by atoms with Crippen LogP contribution in [0.1, 0.15) is 72.8 Å². The molecule has 0 radical (unpaired) electrons. The van der Waals surface area contributed by atoms with E-state index >= 15 is 0 Å². The van der Waals surface area contributed by atoms with Crippen molar-refractivity contribution in [2.24, 2.45) is 11.3 Å². The number of anilines is 1. The van der Waals surface area contributed by atoms with E-state index in [1.807, 2.05) is 26.8 Å². The Morgan fingerprint density at radius 1 is 1.34 bits per heavy atom. The van der Waals surface area contributed by atoms with E-state index in [0.717, 1.165) is 12.0 Å². The minimum atomic E-state index is -0.619. The fourth-order valence-corrected chi connectivity index (χ4v) is 4.20. The average molecular weight is 406 g/mol. The Hall–Kier alpha value is -2.31.